The number of hydrogen-bond donors (Lipinski definition) is 1. The number of nitrogens with zero attached hydrogens (tertiary/aromatic N) is 1. The van der Waals surface area contributed by atoms with Crippen LogP contribution in [-0.4, -0.2) is 29.0 Å². The van der Waals surface area contributed by atoms with Gasteiger partial charge in [0.25, 0.3) is 0 Å². The number of carbonyl (C=O) groups is 2. The highest BCUT2D eigenvalue weighted by Gasteiger charge is 2.36. The van der Waals surface area contributed by atoms with E-state index in [1.807, 2.05) is 0 Å². The Morgan fingerprint density at radius 1 is 1.47 bits per heavy atom. The second kappa shape index (κ2) is 4.58. The van der Waals surface area contributed by atoms with Crippen molar-refractivity contribution >= 4 is 40.9 Å². The fourth-order valence-corrected chi connectivity index (χ4v) is 3.01. The number of anilines is 1. The van der Waals surface area contributed by atoms with Crippen molar-refractivity contribution in [1.29, 1.82) is 0 Å². The molecule has 0 bridgehead atoms. The lowest BCUT2D eigenvalue weighted by atomic mass is 10.3. The fourth-order valence-electron chi connectivity index (χ4n) is 1.58. The van der Waals surface area contributed by atoms with E-state index in [0.717, 1.165) is 9.80 Å². The van der Waals surface area contributed by atoms with Gasteiger partial charge in [0.15, 0.2) is 0 Å². The quantitative estimate of drug-likeness (QED) is 0.657. The van der Waals surface area contributed by atoms with Gasteiger partial charge in [-0.25, -0.2) is 0 Å². The summed E-state index contributed by atoms with van der Waals surface area (Å²) in [6, 6.07) is 5.12. The van der Waals surface area contributed by atoms with E-state index >= 15 is 0 Å². The zero-order chi connectivity index (χ0) is 12.6. The van der Waals surface area contributed by atoms with Crippen LogP contribution in [0.25, 0.3) is 0 Å². The summed E-state index contributed by atoms with van der Waals surface area (Å²) in [5.41, 5.74) is 6.16. The van der Waals surface area contributed by atoms with Crippen LogP contribution in [0.1, 0.15) is 6.42 Å². The molecule has 2 rings (SSSR count). The molecule has 1 aromatic rings. The van der Waals surface area contributed by atoms with Crippen LogP contribution in [0.2, 0.25) is 5.02 Å². The second-order valence-corrected chi connectivity index (χ2v) is 5.44. The Morgan fingerprint density at radius 3 is 2.71 bits per heavy atom. The first-order chi connectivity index (χ1) is 7.99. The Bertz CT molecular complexity index is 492. The summed E-state index contributed by atoms with van der Waals surface area (Å²) in [5, 5.41) is 0.124. The summed E-state index contributed by atoms with van der Waals surface area (Å²) in [4.78, 5) is 25.0. The smallest absolute Gasteiger partial charge is 0.242 e. The molecule has 0 saturated carbocycles. The normalized spacial score (nSPS) is 20.1. The first kappa shape index (κ1) is 12.3. The van der Waals surface area contributed by atoms with E-state index in [1.165, 1.54) is 18.8 Å². The van der Waals surface area contributed by atoms with Crippen LogP contribution in [0.15, 0.2) is 23.1 Å². The molecule has 1 saturated heterocycles. The highest BCUT2D eigenvalue weighted by molar-refractivity contribution is 8.00. The van der Waals surface area contributed by atoms with E-state index in [1.54, 1.807) is 18.2 Å². The molecule has 0 aromatic heterocycles. The number of likely N-dealkylation sites (tertiary alicyclic amines) is 1. The third kappa shape index (κ3) is 2.40. The van der Waals surface area contributed by atoms with Gasteiger partial charge in [0, 0.05) is 24.1 Å². The fraction of sp³-hybridized carbons (Fsp3) is 0.273. The lowest BCUT2D eigenvalue weighted by Crippen LogP contribution is -2.26. The van der Waals surface area contributed by atoms with Gasteiger partial charge in [-0.15, -0.1) is 11.8 Å². The van der Waals surface area contributed by atoms with Crippen LogP contribution in [0.4, 0.5) is 5.69 Å². The maximum atomic E-state index is 11.7. The Hall–Kier alpha value is -1.20. The molecular formula is C11H11ClN2O2S. The minimum Gasteiger partial charge on any atom is -0.399 e. The Labute approximate surface area is 108 Å². The number of nitrogen functional groups attached to an aromatic ring is 1. The monoisotopic (exact) mass is 270 g/mol. The number of amides is 2. The third-order valence-electron chi connectivity index (χ3n) is 2.57. The summed E-state index contributed by atoms with van der Waals surface area (Å²) < 4.78 is 0. The van der Waals surface area contributed by atoms with Crippen LogP contribution < -0.4 is 5.73 Å². The highest BCUT2D eigenvalue weighted by atomic mass is 35.5. The van der Waals surface area contributed by atoms with Crippen LogP contribution >= 0.6 is 23.4 Å². The van der Waals surface area contributed by atoms with Crippen molar-refractivity contribution in [3.8, 4) is 0 Å². The minimum absolute atomic E-state index is 0.154. The molecule has 2 amide bonds. The largest absolute Gasteiger partial charge is 0.399 e. The van der Waals surface area contributed by atoms with Gasteiger partial charge >= 0.3 is 0 Å². The molecule has 1 fully saturated rings. The summed E-state index contributed by atoms with van der Waals surface area (Å²) in [6.45, 7) is 0. The van der Waals surface area contributed by atoms with Gasteiger partial charge in [-0.2, -0.15) is 0 Å². The highest BCUT2D eigenvalue weighted by Crippen LogP contribution is 2.35. The Balaban J connectivity index is 2.17. The van der Waals surface area contributed by atoms with Crippen molar-refractivity contribution in [3.05, 3.63) is 23.2 Å². The summed E-state index contributed by atoms with van der Waals surface area (Å²) in [7, 11) is 1.50. The average molecular weight is 271 g/mol. The number of nitrogens with two attached hydrogens (primary N) is 1. The molecule has 1 aromatic carbocycles. The van der Waals surface area contributed by atoms with Crippen LogP contribution in [-0.2, 0) is 9.59 Å². The number of carbonyl (C=O) groups excluding carboxylic acids is 2. The average Bonchev–Trinajstić information content (AvgIpc) is 2.50. The van der Waals surface area contributed by atoms with Crippen LogP contribution in [0.3, 0.4) is 0 Å². The molecule has 0 aliphatic carbocycles. The molecule has 4 nitrogen and oxygen atoms in total. The van der Waals surface area contributed by atoms with E-state index in [9.17, 15) is 9.59 Å². The number of thioether (sulfide) groups is 1. The zero-order valence-corrected chi connectivity index (χ0v) is 10.7. The number of hydrogen-bond acceptors (Lipinski definition) is 4. The van der Waals surface area contributed by atoms with Crippen molar-refractivity contribution in [2.24, 2.45) is 0 Å². The second-order valence-electron chi connectivity index (χ2n) is 3.79. The third-order valence-corrected chi connectivity index (χ3v) is 4.25. The summed E-state index contributed by atoms with van der Waals surface area (Å²) in [6.07, 6.45) is 0.223. The molecule has 1 heterocycles. The molecule has 1 unspecified atom stereocenters. The first-order valence-corrected chi connectivity index (χ1v) is 6.27. The Kier molecular flexibility index (Phi) is 3.31. The number of benzene rings is 1. The van der Waals surface area contributed by atoms with E-state index in [-0.39, 0.29) is 23.5 Å². The number of halogens is 1. The standard InChI is InChI=1S/C11H11ClN2O2S/c1-14-10(15)5-9(11(14)16)17-8-3-2-6(13)4-7(8)12/h2-4,9H,5,13H2,1H3. The van der Waals surface area contributed by atoms with Crippen LogP contribution in [0.5, 0.6) is 0 Å². The lowest BCUT2D eigenvalue weighted by molar-refractivity contribution is -0.136. The molecule has 0 spiro atoms. The predicted molar refractivity (Wildman–Crippen MR) is 67.9 cm³/mol. The van der Waals surface area contributed by atoms with Gasteiger partial charge in [-0.1, -0.05) is 11.6 Å². The van der Waals surface area contributed by atoms with E-state index in [0.29, 0.717) is 10.7 Å². The van der Waals surface area contributed by atoms with Crippen molar-refractivity contribution in [2.45, 2.75) is 16.6 Å². The topological polar surface area (TPSA) is 63.4 Å². The minimum atomic E-state index is -0.381. The van der Waals surface area contributed by atoms with Crippen molar-refractivity contribution < 1.29 is 9.59 Å². The maximum absolute atomic E-state index is 11.7. The van der Waals surface area contributed by atoms with Gasteiger partial charge in [0.05, 0.1) is 10.3 Å². The van der Waals surface area contributed by atoms with Gasteiger partial charge in [-0.05, 0) is 18.2 Å². The van der Waals surface area contributed by atoms with Crippen molar-refractivity contribution in [3.63, 3.8) is 0 Å². The van der Waals surface area contributed by atoms with E-state index < -0.39 is 0 Å². The number of rotatable bonds is 2. The van der Waals surface area contributed by atoms with Crippen molar-refractivity contribution in [2.75, 3.05) is 12.8 Å². The molecule has 1 aliphatic heterocycles. The molecular weight excluding hydrogens is 260 g/mol. The van der Waals surface area contributed by atoms with E-state index in [4.69, 9.17) is 17.3 Å². The molecule has 0 radical (unpaired) electrons. The van der Waals surface area contributed by atoms with Crippen molar-refractivity contribution in [1.82, 2.24) is 4.90 Å². The number of imide groups is 1. The lowest BCUT2D eigenvalue weighted by Gasteiger charge is -2.10. The zero-order valence-electron chi connectivity index (χ0n) is 9.14. The van der Waals surface area contributed by atoms with Gasteiger partial charge in [0.2, 0.25) is 11.8 Å². The van der Waals surface area contributed by atoms with Crippen LogP contribution in [0, 0.1) is 0 Å². The maximum Gasteiger partial charge on any atom is 0.242 e. The molecule has 90 valence electrons. The van der Waals surface area contributed by atoms with E-state index in [2.05, 4.69) is 0 Å². The Morgan fingerprint density at radius 2 is 2.18 bits per heavy atom. The molecule has 6 heteroatoms. The predicted octanol–water partition coefficient (Wildman–Crippen LogP) is 1.77. The molecule has 2 N–H and O–H groups in total. The molecule has 1 atom stereocenters. The van der Waals surface area contributed by atoms with Gasteiger partial charge in [-0.3, -0.25) is 14.5 Å². The van der Waals surface area contributed by atoms with Gasteiger partial charge < -0.3 is 5.73 Å². The summed E-state index contributed by atoms with van der Waals surface area (Å²) in [5.74, 6) is -0.327. The SMILES string of the molecule is CN1C(=O)CC(Sc2ccc(N)cc2Cl)C1=O. The summed E-state index contributed by atoms with van der Waals surface area (Å²) >= 11 is 7.32. The molecule has 17 heavy (non-hydrogen) atoms. The van der Waals surface area contributed by atoms with Gasteiger partial charge in [0.1, 0.15) is 0 Å². The first-order valence-electron chi connectivity index (χ1n) is 5.01. The molecule has 1 aliphatic rings.